The van der Waals surface area contributed by atoms with E-state index in [0.717, 1.165) is 67.1 Å². The average Bonchev–Trinajstić information content (AvgIpc) is 3.11. The summed E-state index contributed by atoms with van der Waals surface area (Å²) in [5, 5.41) is 2.98. The molecule has 0 spiro atoms. The summed E-state index contributed by atoms with van der Waals surface area (Å²) < 4.78 is 11.7. The summed E-state index contributed by atoms with van der Waals surface area (Å²) in [6.07, 6.45) is 16.7. The Morgan fingerprint density at radius 3 is 2.12 bits per heavy atom. The zero-order valence-electron chi connectivity index (χ0n) is 30.3. The lowest BCUT2D eigenvalue weighted by molar-refractivity contribution is -0.136. The van der Waals surface area contributed by atoms with Crippen molar-refractivity contribution in [1.82, 2.24) is 15.1 Å². The summed E-state index contributed by atoms with van der Waals surface area (Å²) in [4.78, 5) is 42.7. The highest BCUT2D eigenvalue weighted by Crippen LogP contribution is 2.61. The van der Waals surface area contributed by atoms with Crippen LogP contribution in [0.5, 0.6) is 5.75 Å². The second-order valence-corrected chi connectivity index (χ2v) is 15.9. The van der Waals surface area contributed by atoms with Crippen molar-refractivity contribution in [1.29, 1.82) is 0 Å². The Labute approximate surface area is 299 Å². The highest BCUT2D eigenvalue weighted by molar-refractivity contribution is 5.89. The molecule has 5 fully saturated rings. The Morgan fingerprint density at radius 2 is 1.44 bits per heavy atom. The topological polar surface area (TPSA) is 88.2 Å². The third kappa shape index (κ3) is 10.1. The molecule has 5 aliphatic rings. The molecule has 7 rings (SSSR count). The van der Waals surface area contributed by atoms with Crippen LogP contribution in [0.1, 0.15) is 118 Å². The van der Waals surface area contributed by atoms with Gasteiger partial charge in [0.2, 0.25) is 11.8 Å². The first-order chi connectivity index (χ1) is 24.4. The van der Waals surface area contributed by atoms with Crippen LogP contribution in [0.3, 0.4) is 0 Å². The van der Waals surface area contributed by atoms with Crippen molar-refractivity contribution in [3.8, 4) is 5.75 Å². The molecule has 4 saturated carbocycles. The Hall–Kier alpha value is -3.39. The molecule has 272 valence electrons. The molecule has 2 aromatic carbocycles. The number of hydrogen-bond donors (Lipinski definition) is 1. The monoisotopic (exact) mass is 685 g/mol. The van der Waals surface area contributed by atoms with Crippen LogP contribution in [0, 0.1) is 23.2 Å². The zero-order valence-corrected chi connectivity index (χ0v) is 30.3. The number of benzene rings is 2. The van der Waals surface area contributed by atoms with Crippen LogP contribution in [0.15, 0.2) is 48.5 Å². The summed E-state index contributed by atoms with van der Waals surface area (Å²) in [5.74, 6) is 3.11. The summed E-state index contributed by atoms with van der Waals surface area (Å²) in [7, 11) is 0. The van der Waals surface area contributed by atoms with Gasteiger partial charge in [0.05, 0.1) is 18.7 Å². The van der Waals surface area contributed by atoms with Crippen molar-refractivity contribution in [2.45, 2.75) is 110 Å². The number of rotatable bonds is 18. The average molecular weight is 686 g/mol. The molecule has 1 saturated heterocycles. The smallest absolute Gasteiger partial charge is 0.338 e. The van der Waals surface area contributed by atoms with E-state index in [9.17, 15) is 14.4 Å². The Balaban J connectivity index is 0.879. The number of nitrogens with zero attached hydrogens (tertiary/aromatic N) is 2. The molecular formula is C42H59N3O5. The molecular weight excluding hydrogens is 626 g/mol. The third-order valence-electron chi connectivity index (χ3n) is 11.8. The SMILES string of the molecule is CCCCCCCCCOC(=O)c1ccc(COc2ccccc2CN2CCN(C(=O)CNC(=O)CC34CC5CC(CC(C5)C3)C4)CC2)cc1. The van der Waals surface area contributed by atoms with E-state index in [-0.39, 0.29) is 29.7 Å². The van der Waals surface area contributed by atoms with E-state index < -0.39 is 0 Å². The van der Waals surface area contributed by atoms with Crippen molar-refractivity contribution < 1.29 is 23.9 Å². The fourth-order valence-electron chi connectivity index (χ4n) is 9.57. The highest BCUT2D eigenvalue weighted by atomic mass is 16.5. The zero-order chi connectivity index (χ0) is 34.8. The van der Waals surface area contributed by atoms with Crippen LogP contribution < -0.4 is 10.1 Å². The van der Waals surface area contributed by atoms with E-state index in [1.54, 1.807) is 0 Å². The molecule has 0 atom stereocenters. The maximum Gasteiger partial charge on any atom is 0.338 e. The van der Waals surface area contributed by atoms with E-state index in [1.165, 1.54) is 70.6 Å². The van der Waals surface area contributed by atoms with E-state index in [0.29, 0.717) is 38.3 Å². The maximum absolute atomic E-state index is 13.0. The van der Waals surface area contributed by atoms with Crippen molar-refractivity contribution in [2.75, 3.05) is 39.3 Å². The second kappa shape index (κ2) is 17.7. The summed E-state index contributed by atoms with van der Waals surface area (Å²) >= 11 is 0. The van der Waals surface area contributed by atoms with Gasteiger partial charge in [0.15, 0.2) is 0 Å². The molecule has 2 aromatic rings. The largest absolute Gasteiger partial charge is 0.489 e. The van der Waals surface area contributed by atoms with Gasteiger partial charge in [-0.2, -0.15) is 0 Å². The lowest BCUT2D eigenvalue weighted by atomic mass is 9.49. The highest BCUT2D eigenvalue weighted by Gasteiger charge is 2.51. The number of carbonyl (C=O) groups excluding carboxylic acids is 3. The first-order valence-corrected chi connectivity index (χ1v) is 19.6. The molecule has 4 bridgehead atoms. The van der Waals surface area contributed by atoms with Gasteiger partial charge in [0.1, 0.15) is 12.4 Å². The van der Waals surface area contributed by atoms with Crippen LogP contribution >= 0.6 is 0 Å². The minimum atomic E-state index is -0.271. The predicted octanol–water partition coefficient (Wildman–Crippen LogP) is 7.54. The Bertz CT molecular complexity index is 1380. The van der Waals surface area contributed by atoms with Crippen molar-refractivity contribution in [3.63, 3.8) is 0 Å². The normalized spacial score (nSPS) is 24.3. The second-order valence-electron chi connectivity index (χ2n) is 15.9. The summed E-state index contributed by atoms with van der Waals surface area (Å²) in [6, 6.07) is 15.6. The number of carbonyl (C=O) groups is 3. The van der Waals surface area contributed by atoms with Crippen LogP contribution in [0.2, 0.25) is 0 Å². The van der Waals surface area contributed by atoms with Crippen LogP contribution in [-0.2, 0) is 27.5 Å². The maximum atomic E-state index is 13.0. The predicted molar refractivity (Wildman–Crippen MR) is 196 cm³/mol. The first kappa shape index (κ1) is 36.4. The van der Waals surface area contributed by atoms with Gasteiger partial charge in [-0.1, -0.05) is 75.8 Å². The number of ether oxygens (including phenoxy) is 2. The lowest BCUT2D eigenvalue weighted by Gasteiger charge is -2.56. The molecule has 2 amide bonds. The van der Waals surface area contributed by atoms with Crippen molar-refractivity contribution >= 4 is 17.8 Å². The van der Waals surface area contributed by atoms with Gasteiger partial charge in [0, 0.05) is 44.7 Å². The van der Waals surface area contributed by atoms with Gasteiger partial charge in [-0.15, -0.1) is 0 Å². The van der Waals surface area contributed by atoms with Crippen LogP contribution in [0.25, 0.3) is 0 Å². The van der Waals surface area contributed by atoms with Gasteiger partial charge in [-0.3, -0.25) is 14.5 Å². The van der Waals surface area contributed by atoms with Gasteiger partial charge in [-0.25, -0.2) is 4.79 Å². The first-order valence-electron chi connectivity index (χ1n) is 19.6. The van der Waals surface area contributed by atoms with E-state index >= 15 is 0 Å². The molecule has 0 aromatic heterocycles. The summed E-state index contributed by atoms with van der Waals surface area (Å²) in [6.45, 7) is 6.80. The number of esters is 1. The lowest BCUT2D eigenvalue weighted by Crippen LogP contribution is -2.51. The number of unbranched alkanes of at least 4 members (excludes halogenated alkanes) is 6. The van der Waals surface area contributed by atoms with Crippen LogP contribution in [-0.4, -0.2) is 66.9 Å². The number of amides is 2. The van der Waals surface area contributed by atoms with Crippen molar-refractivity contribution in [3.05, 3.63) is 65.2 Å². The summed E-state index contributed by atoms with van der Waals surface area (Å²) in [5.41, 5.74) is 2.85. The Kier molecular flexibility index (Phi) is 12.9. The molecule has 1 N–H and O–H groups in total. The van der Waals surface area contributed by atoms with Crippen LogP contribution in [0.4, 0.5) is 0 Å². The molecule has 0 unspecified atom stereocenters. The fraction of sp³-hybridized carbons (Fsp3) is 0.643. The number of piperazine rings is 1. The number of para-hydroxylation sites is 1. The van der Waals surface area contributed by atoms with E-state index in [2.05, 4.69) is 23.2 Å². The number of nitrogens with one attached hydrogen (secondary N) is 1. The molecule has 1 aliphatic heterocycles. The van der Waals surface area contributed by atoms with Gasteiger partial charge in [-0.05, 0) is 91.9 Å². The van der Waals surface area contributed by atoms with E-state index in [4.69, 9.17) is 9.47 Å². The van der Waals surface area contributed by atoms with Gasteiger partial charge in [0.25, 0.3) is 0 Å². The van der Waals surface area contributed by atoms with Gasteiger partial charge >= 0.3 is 5.97 Å². The minimum Gasteiger partial charge on any atom is -0.489 e. The van der Waals surface area contributed by atoms with Gasteiger partial charge < -0.3 is 19.7 Å². The minimum absolute atomic E-state index is 0.0136. The van der Waals surface area contributed by atoms with E-state index in [1.807, 2.05) is 47.4 Å². The third-order valence-corrected chi connectivity index (χ3v) is 11.8. The molecule has 50 heavy (non-hydrogen) atoms. The fourth-order valence-corrected chi connectivity index (χ4v) is 9.57. The molecule has 8 heteroatoms. The molecule has 0 radical (unpaired) electrons. The Morgan fingerprint density at radius 1 is 0.800 bits per heavy atom. The molecule has 1 heterocycles. The number of hydrogen-bond acceptors (Lipinski definition) is 6. The van der Waals surface area contributed by atoms with Crippen molar-refractivity contribution in [2.24, 2.45) is 23.2 Å². The molecule has 8 nitrogen and oxygen atoms in total. The standard InChI is InChI=1S/C42H59N3O5/c1-2-3-4-5-6-7-10-21-49-41(48)36-15-13-32(14-16-36)31-50-38-12-9-8-11-37(38)30-44-17-19-45(20-18-44)40(47)29-43-39(46)28-42-25-33-22-34(26-42)24-35(23-33)27-42/h8-9,11-16,33-35H,2-7,10,17-31H2,1H3,(H,43,46). The molecule has 4 aliphatic carbocycles. The quantitative estimate of drug-likeness (QED) is 0.129.